The summed E-state index contributed by atoms with van der Waals surface area (Å²) in [5.74, 6) is -1.71. The molecule has 132 valence electrons. The number of esters is 1. The number of cyclic esters (lactones) is 1. The molecule has 0 N–H and O–H groups in total. The van der Waals surface area contributed by atoms with Gasteiger partial charge in [-0.3, -0.25) is 14.3 Å². The van der Waals surface area contributed by atoms with Crippen molar-refractivity contribution in [3.8, 4) is 0 Å². The number of ether oxygens (including phenoxy) is 2. The van der Waals surface area contributed by atoms with E-state index in [0.717, 1.165) is 4.57 Å². The maximum Gasteiger partial charge on any atom is 0.419 e. The molecule has 1 saturated heterocycles. The molecule has 0 radical (unpaired) electrons. The Hall–Kier alpha value is -2.84. The lowest BCUT2D eigenvalue weighted by atomic mass is 10.0. The largest absolute Gasteiger partial charge is 0.469 e. The quantitative estimate of drug-likeness (QED) is 0.779. The number of anilines is 1. The normalized spacial score (nSPS) is 21.4. The lowest BCUT2D eigenvalue weighted by Gasteiger charge is -2.16. The van der Waals surface area contributed by atoms with Crippen molar-refractivity contribution in [3.63, 3.8) is 0 Å². The van der Waals surface area contributed by atoms with Gasteiger partial charge in [0.05, 0.1) is 18.8 Å². The second-order valence-corrected chi connectivity index (χ2v) is 6.14. The van der Waals surface area contributed by atoms with Gasteiger partial charge in [-0.25, -0.2) is 14.0 Å². The average Bonchev–Trinajstić information content (AvgIpc) is 3.19. The van der Waals surface area contributed by atoms with Gasteiger partial charge in [-0.05, 0) is 6.42 Å². The van der Waals surface area contributed by atoms with E-state index in [-0.39, 0.29) is 23.6 Å². The first-order valence-electron chi connectivity index (χ1n) is 7.80. The number of amides is 1. The molecule has 8 nitrogen and oxygen atoms in total. The Kier molecular flexibility index (Phi) is 3.34. The molecule has 2 aromatic rings. The van der Waals surface area contributed by atoms with Crippen molar-refractivity contribution in [1.82, 2.24) is 4.57 Å². The molecule has 1 aromatic carbocycles. The second-order valence-electron chi connectivity index (χ2n) is 6.14. The third-order valence-corrected chi connectivity index (χ3v) is 4.83. The predicted octanol–water partition coefficient (Wildman–Crippen LogP) is 1.47. The number of fused-ring (bicyclic) bond motifs is 5. The minimum absolute atomic E-state index is 0.0735. The van der Waals surface area contributed by atoms with E-state index in [1.54, 1.807) is 0 Å². The zero-order valence-corrected chi connectivity index (χ0v) is 13.6. The van der Waals surface area contributed by atoms with Crippen LogP contribution in [0.1, 0.15) is 18.4 Å². The molecule has 0 spiro atoms. The first kappa shape index (κ1) is 15.7. The monoisotopic (exact) mass is 350 g/mol. The smallest absolute Gasteiger partial charge is 0.419 e. The van der Waals surface area contributed by atoms with Gasteiger partial charge in [0.15, 0.2) is 11.4 Å². The van der Waals surface area contributed by atoms with Crippen LogP contribution in [-0.4, -0.2) is 35.9 Å². The van der Waals surface area contributed by atoms with Crippen LogP contribution in [0, 0.1) is 5.82 Å². The molecule has 1 aromatic heterocycles. The molecular formula is C16H15FN2O6. The Morgan fingerprint density at radius 2 is 2.20 bits per heavy atom. The summed E-state index contributed by atoms with van der Waals surface area (Å²) in [6, 6.07) is 0.846. The minimum Gasteiger partial charge on any atom is -0.469 e. The van der Waals surface area contributed by atoms with Crippen LogP contribution in [0.15, 0.2) is 15.3 Å². The number of aromatic nitrogens is 1. The summed E-state index contributed by atoms with van der Waals surface area (Å²) >= 11 is 0. The molecule has 1 amide bonds. The highest BCUT2D eigenvalue weighted by molar-refractivity contribution is 5.98. The lowest BCUT2D eigenvalue weighted by Crippen LogP contribution is -2.33. The van der Waals surface area contributed by atoms with Crippen LogP contribution in [0.25, 0.3) is 11.1 Å². The summed E-state index contributed by atoms with van der Waals surface area (Å²) in [6.45, 7) is 0. The van der Waals surface area contributed by atoms with Crippen LogP contribution < -0.4 is 10.7 Å². The predicted molar refractivity (Wildman–Crippen MR) is 82.9 cm³/mol. The van der Waals surface area contributed by atoms with Crippen LogP contribution >= 0.6 is 0 Å². The first-order chi connectivity index (χ1) is 11.9. The number of hydrogen-bond donors (Lipinski definition) is 0. The minimum atomic E-state index is -0.667. The third kappa shape index (κ3) is 2.15. The van der Waals surface area contributed by atoms with Gasteiger partial charge in [0.1, 0.15) is 11.6 Å². The van der Waals surface area contributed by atoms with Crippen LogP contribution in [0.2, 0.25) is 0 Å². The summed E-state index contributed by atoms with van der Waals surface area (Å²) in [6.07, 6.45) is -0.350. The molecule has 9 heteroatoms. The molecule has 1 fully saturated rings. The fourth-order valence-corrected chi connectivity index (χ4v) is 3.61. The van der Waals surface area contributed by atoms with Crippen LogP contribution in [0.5, 0.6) is 0 Å². The molecule has 4 rings (SSSR count). The molecule has 0 bridgehead atoms. The fraction of sp³-hybridized carbons (Fsp3) is 0.438. The highest BCUT2D eigenvalue weighted by atomic mass is 19.1. The fourth-order valence-electron chi connectivity index (χ4n) is 3.61. The maximum atomic E-state index is 14.4. The van der Waals surface area contributed by atoms with Gasteiger partial charge in [0, 0.05) is 31.5 Å². The van der Waals surface area contributed by atoms with Gasteiger partial charge in [0.2, 0.25) is 0 Å². The van der Waals surface area contributed by atoms with E-state index in [1.165, 1.54) is 25.1 Å². The number of oxazole rings is 1. The number of benzene rings is 1. The number of carbonyl (C=O) groups excluding carboxylic acids is 2. The molecule has 3 heterocycles. The standard InChI is InChI=1S/C16H15FN2O6/c1-18-13-8(17)6-9-7(14(13)25-15(18)21)5-10-11(3-4-12(20)23-2)24-16(22)19(9)10/h6,10-11H,3-5H2,1-2H3/t10-,11-/m0/s1. The van der Waals surface area contributed by atoms with Gasteiger partial charge in [0.25, 0.3) is 0 Å². The lowest BCUT2D eigenvalue weighted by molar-refractivity contribution is -0.141. The van der Waals surface area contributed by atoms with Gasteiger partial charge in [-0.15, -0.1) is 0 Å². The zero-order chi connectivity index (χ0) is 17.9. The summed E-state index contributed by atoms with van der Waals surface area (Å²) in [5.41, 5.74) is 1.16. The van der Waals surface area contributed by atoms with Gasteiger partial charge in [-0.2, -0.15) is 0 Å². The summed E-state index contributed by atoms with van der Waals surface area (Å²) < 4.78 is 30.6. The molecule has 0 aliphatic carbocycles. The summed E-state index contributed by atoms with van der Waals surface area (Å²) in [7, 11) is 2.71. The Labute approximate surface area is 140 Å². The average molecular weight is 350 g/mol. The van der Waals surface area contributed by atoms with Gasteiger partial charge < -0.3 is 13.9 Å². The van der Waals surface area contributed by atoms with Gasteiger partial charge >= 0.3 is 17.8 Å². The number of nitrogens with zero attached hydrogens (tertiary/aromatic N) is 2. The van der Waals surface area contributed by atoms with E-state index in [1.807, 2.05) is 0 Å². The number of rotatable bonds is 3. The maximum absolute atomic E-state index is 14.4. The number of hydrogen-bond acceptors (Lipinski definition) is 6. The Morgan fingerprint density at radius 3 is 2.92 bits per heavy atom. The van der Waals surface area contributed by atoms with Crippen molar-refractivity contribution in [2.24, 2.45) is 7.05 Å². The first-order valence-corrected chi connectivity index (χ1v) is 7.80. The van der Waals surface area contributed by atoms with Crippen LogP contribution in [-0.2, 0) is 27.7 Å². The number of methoxy groups -OCH3 is 1. The highest BCUT2D eigenvalue weighted by Gasteiger charge is 2.48. The Balaban J connectivity index is 1.74. The van der Waals surface area contributed by atoms with Crippen molar-refractivity contribution in [3.05, 3.63) is 28.0 Å². The van der Waals surface area contributed by atoms with Crippen LogP contribution in [0.3, 0.4) is 0 Å². The second kappa shape index (κ2) is 5.33. The third-order valence-electron chi connectivity index (χ3n) is 4.83. The van der Waals surface area contributed by atoms with E-state index in [9.17, 15) is 18.8 Å². The molecule has 25 heavy (non-hydrogen) atoms. The summed E-state index contributed by atoms with van der Waals surface area (Å²) in [4.78, 5) is 36.7. The van der Waals surface area contributed by atoms with Crippen molar-refractivity contribution in [2.75, 3.05) is 12.0 Å². The molecule has 0 saturated carbocycles. The Morgan fingerprint density at radius 1 is 1.44 bits per heavy atom. The van der Waals surface area contributed by atoms with Crippen LogP contribution in [0.4, 0.5) is 14.9 Å². The molecule has 2 aliphatic heterocycles. The number of halogens is 1. The van der Waals surface area contributed by atoms with E-state index >= 15 is 0 Å². The number of aryl methyl sites for hydroxylation is 1. The van der Waals surface area contributed by atoms with Crippen molar-refractivity contribution in [2.45, 2.75) is 31.4 Å². The van der Waals surface area contributed by atoms with E-state index in [0.29, 0.717) is 24.1 Å². The zero-order valence-electron chi connectivity index (χ0n) is 13.6. The molecule has 2 aliphatic rings. The molecule has 0 unspecified atom stereocenters. The molecular weight excluding hydrogens is 335 g/mol. The van der Waals surface area contributed by atoms with Gasteiger partial charge in [-0.1, -0.05) is 0 Å². The topological polar surface area (TPSA) is 91.0 Å². The molecule has 2 atom stereocenters. The van der Waals surface area contributed by atoms with E-state index < -0.39 is 29.7 Å². The summed E-state index contributed by atoms with van der Waals surface area (Å²) in [5, 5.41) is 0. The van der Waals surface area contributed by atoms with Crippen molar-refractivity contribution in [1.29, 1.82) is 0 Å². The number of carbonyl (C=O) groups is 2. The van der Waals surface area contributed by atoms with Crippen molar-refractivity contribution < 1.29 is 27.9 Å². The SMILES string of the molecule is COC(=O)CC[C@@H]1OC(=O)N2c3cc(F)c4c(oc(=O)n4C)c3C[C@@H]12. The van der Waals surface area contributed by atoms with E-state index in [4.69, 9.17) is 9.15 Å². The highest BCUT2D eigenvalue weighted by Crippen LogP contribution is 2.43. The van der Waals surface area contributed by atoms with Crippen molar-refractivity contribution >= 4 is 28.8 Å². The van der Waals surface area contributed by atoms with E-state index in [2.05, 4.69) is 4.74 Å². The Bertz CT molecular complexity index is 962.